The summed E-state index contributed by atoms with van der Waals surface area (Å²) in [6, 6.07) is 0. The summed E-state index contributed by atoms with van der Waals surface area (Å²) in [5.74, 6) is 0.801. The Hall–Kier alpha value is -0.530. The van der Waals surface area contributed by atoms with Gasteiger partial charge in [-0.1, -0.05) is 55.4 Å². The minimum atomic E-state index is 0. The number of rotatable bonds is 3. The quantitative estimate of drug-likeness (QED) is 0.747. The number of nitrogens with one attached hydrogen (secondary N) is 1. The Morgan fingerprint density at radius 2 is 1.50 bits per heavy atom. The van der Waals surface area contributed by atoms with Crippen LogP contribution < -0.4 is 5.32 Å². The maximum absolute atomic E-state index is 10.9. The van der Waals surface area contributed by atoms with E-state index < -0.39 is 0 Å². The highest BCUT2D eigenvalue weighted by Crippen LogP contribution is 1.92. The van der Waals surface area contributed by atoms with Gasteiger partial charge in [0, 0.05) is 12.5 Å². The largest absolute Gasteiger partial charge is 0.356 e. The van der Waals surface area contributed by atoms with E-state index in [2.05, 4.69) is 33.0 Å². The Kier molecular flexibility index (Phi) is 17.0. The molecule has 0 aromatic heterocycles. The Morgan fingerprint density at radius 3 is 1.71 bits per heavy atom. The predicted molar refractivity (Wildman–Crippen MR) is 65.4 cm³/mol. The van der Waals surface area contributed by atoms with Gasteiger partial charge in [0.25, 0.3) is 0 Å². The first-order valence-electron chi connectivity index (χ1n) is 5.23. The van der Waals surface area contributed by atoms with Crippen LogP contribution in [0.2, 0.25) is 0 Å². The summed E-state index contributed by atoms with van der Waals surface area (Å²) >= 11 is 0. The second-order valence-corrected chi connectivity index (χ2v) is 4.00. The summed E-state index contributed by atoms with van der Waals surface area (Å²) in [6.45, 7) is 13.0. The second-order valence-electron chi connectivity index (χ2n) is 4.00. The topological polar surface area (TPSA) is 29.1 Å². The molecule has 2 nitrogen and oxygen atoms in total. The zero-order valence-electron chi connectivity index (χ0n) is 9.98. The lowest BCUT2D eigenvalue weighted by Gasteiger charge is -2.08. The summed E-state index contributed by atoms with van der Waals surface area (Å²) in [5.41, 5.74) is 0. The summed E-state index contributed by atoms with van der Waals surface area (Å²) in [7, 11) is 0. The van der Waals surface area contributed by atoms with E-state index in [1.165, 1.54) is 6.42 Å². The molecule has 0 spiro atoms. The van der Waals surface area contributed by atoms with E-state index in [9.17, 15) is 4.79 Å². The molecule has 14 heavy (non-hydrogen) atoms. The minimum Gasteiger partial charge on any atom is -0.356 e. The molecular weight excluding hydrogens is 174 g/mol. The molecule has 0 bridgehead atoms. The van der Waals surface area contributed by atoms with Gasteiger partial charge in [0.2, 0.25) is 5.91 Å². The monoisotopic (exact) mass is 203 g/mol. The van der Waals surface area contributed by atoms with Crippen molar-refractivity contribution in [2.24, 2.45) is 11.8 Å². The van der Waals surface area contributed by atoms with Crippen LogP contribution in [-0.2, 0) is 4.79 Å². The minimum absolute atomic E-state index is 0. The van der Waals surface area contributed by atoms with Crippen molar-refractivity contribution in [2.45, 2.75) is 55.4 Å². The molecule has 0 saturated carbocycles. The molecule has 0 heterocycles. The van der Waals surface area contributed by atoms with Crippen molar-refractivity contribution in [1.82, 2.24) is 5.32 Å². The average molecular weight is 203 g/mol. The average Bonchev–Trinajstić information content (AvgIpc) is 2.01. The van der Waals surface area contributed by atoms with Crippen molar-refractivity contribution in [1.29, 1.82) is 0 Å². The van der Waals surface area contributed by atoms with E-state index in [4.69, 9.17) is 0 Å². The van der Waals surface area contributed by atoms with Crippen molar-refractivity contribution < 1.29 is 4.79 Å². The molecule has 1 N–H and O–H groups in total. The van der Waals surface area contributed by atoms with Gasteiger partial charge < -0.3 is 5.32 Å². The fourth-order valence-corrected chi connectivity index (χ4v) is 0.509. The standard InChI is InChI=1S/C8H17NO.C3H8.CH4/c1-6(2)5-9-8(10)7(3)4;1-3-2;/h6-7H,5H2,1-4H3,(H,9,10);3H2,1-2H3;1H4. The van der Waals surface area contributed by atoms with Gasteiger partial charge in [-0.05, 0) is 5.92 Å². The fraction of sp³-hybridized carbons (Fsp3) is 0.917. The van der Waals surface area contributed by atoms with Crippen molar-refractivity contribution in [3.8, 4) is 0 Å². The van der Waals surface area contributed by atoms with Gasteiger partial charge in [-0.2, -0.15) is 0 Å². The van der Waals surface area contributed by atoms with Crippen LogP contribution in [0.15, 0.2) is 0 Å². The third kappa shape index (κ3) is 17.5. The molecule has 0 radical (unpaired) electrons. The smallest absolute Gasteiger partial charge is 0.222 e. The maximum atomic E-state index is 10.9. The SMILES string of the molecule is C.CC(C)CNC(=O)C(C)C.CCC. The molecule has 1 amide bonds. The first-order valence-corrected chi connectivity index (χ1v) is 5.23. The molecule has 0 aliphatic heterocycles. The van der Waals surface area contributed by atoms with Crippen LogP contribution in [0.25, 0.3) is 0 Å². The maximum Gasteiger partial charge on any atom is 0.222 e. The van der Waals surface area contributed by atoms with Crippen molar-refractivity contribution >= 4 is 5.91 Å². The third-order valence-electron chi connectivity index (χ3n) is 1.21. The van der Waals surface area contributed by atoms with Crippen LogP contribution >= 0.6 is 0 Å². The second kappa shape index (κ2) is 12.5. The lowest BCUT2D eigenvalue weighted by molar-refractivity contribution is -0.124. The lowest BCUT2D eigenvalue weighted by Crippen LogP contribution is -2.30. The molecular formula is C12H29NO. The molecule has 0 aromatic carbocycles. The molecule has 0 rings (SSSR count). The highest BCUT2D eigenvalue weighted by atomic mass is 16.1. The van der Waals surface area contributed by atoms with E-state index in [1.54, 1.807) is 0 Å². The third-order valence-corrected chi connectivity index (χ3v) is 1.21. The van der Waals surface area contributed by atoms with Gasteiger partial charge in [0.1, 0.15) is 0 Å². The zero-order valence-corrected chi connectivity index (χ0v) is 9.98. The summed E-state index contributed by atoms with van der Waals surface area (Å²) < 4.78 is 0. The molecule has 0 aliphatic rings. The molecule has 0 fully saturated rings. The van der Waals surface area contributed by atoms with E-state index in [-0.39, 0.29) is 19.3 Å². The van der Waals surface area contributed by atoms with Crippen LogP contribution in [0.3, 0.4) is 0 Å². The van der Waals surface area contributed by atoms with Crippen LogP contribution in [0.4, 0.5) is 0 Å². The summed E-state index contributed by atoms with van der Waals surface area (Å²) in [5, 5.41) is 2.84. The highest BCUT2D eigenvalue weighted by Gasteiger charge is 2.05. The van der Waals surface area contributed by atoms with E-state index in [0.717, 1.165) is 6.54 Å². The van der Waals surface area contributed by atoms with E-state index in [0.29, 0.717) is 5.92 Å². The number of hydrogen-bond acceptors (Lipinski definition) is 1. The van der Waals surface area contributed by atoms with Gasteiger partial charge in [-0.3, -0.25) is 4.79 Å². The number of amides is 1. The lowest BCUT2D eigenvalue weighted by atomic mass is 10.2. The summed E-state index contributed by atoms with van der Waals surface area (Å²) in [4.78, 5) is 10.9. The predicted octanol–water partition coefficient (Wildman–Crippen LogP) is 3.47. The van der Waals surface area contributed by atoms with Gasteiger partial charge >= 0.3 is 0 Å². The van der Waals surface area contributed by atoms with Gasteiger partial charge in [0.05, 0.1) is 0 Å². The van der Waals surface area contributed by atoms with Crippen molar-refractivity contribution in [2.75, 3.05) is 6.54 Å². The van der Waals surface area contributed by atoms with Gasteiger partial charge in [-0.25, -0.2) is 0 Å². The highest BCUT2D eigenvalue weighted by molar-refractivity contribution is 5.77. The van der Waals surface area contributed by atoms with Gasteiger partial charge in [0.15, 0.2) is 0 Å². The normalized spacial score (nSPS) is 8.86. The molecule has 0 saturated heterocycles. The van der Waals surface area contributed by atoms with Crippen molar-refractivity contribution in [3.63, 3.8) is 0 Å². The fourth-order valence-electron chi connectivity index (χ4n) is 0.509. The summed E-state index contributed by atoms with van der Waals surface area (Å²) in [6.07, 6.45) is 1.25. The van der Waals surface area contributed by atoms with Gasteiger partial charge in [-0.15, -0.1) is 0 Å². The molecule has 88 valence electrons. The number of carbonyl (C=O) groups excluding carboxylic acids is 1. The van der Waals surface area contributed by atoms with Crippen LogP contribution in [0.1, 0.15) is 55.4 Å². The Balaban J connectivity index is -0.000000267. The van der Waals surface area contributed by atoms with Crippen molar-refractivity contribution in [3.05, 3.63) is 0 Å². The Morgan fingerprint density at radius 1 is 1.14 bits per heavy atom. The molecule has 0 unspecified atom stereocenters. The number of hydrogen-bond donors (Lipinski definition) is 1. The van der Waals surface area contributed by atoms with Crippen LogP contribution in [-0.4, -0.2) is 12.5 Å². The zero-order chi connectivity index (χ0) is 10.9. The van der Waals surface area contributed by atoms with E-state index >= 15 is 0 Å². The first kappa shape index (κ1) is 19.1. The Bertz CT molecular complexity index is 119. The molecule has 2 heteroatoms. The Labute approximate surface area is 90.5 Å². The molecule has 0 atom stereocenters. The van der Waals surface area contributed by atoms with E-state index in [1.807, 2.05) is 13.8 Å². The number of carbonyl (C=O) groups is 1. The first-order chi connectivity index (χ1) is 5.95. The molecule has 0 aromatic rings. The molecule has 0 aliphatic carbocycles. The van der Waals surface area contributed by atoms with Crippen LogP contribution in [0, 0.1) is 11.8 Å². The van der Waals surface area contributed by atoms with Crippen LogP contribution in [0.5, 0.6) is 0 Å².